The molecule has 1 aliphatic rings. The Labute approximate surface area is 169 Å². The van der Waals surface area contributed by atoms with Gasteiger partial charge in [0.05, 0.1) is 10.6 Å². The van der Waals surface area contributed by atoms with Crippen LogP contribution >= 0.6 is 0 Å². The molecule has 3 aromatic carbocycles. The van der Waals surface area contributed by atoms with Gasteiger partial charge in [0.2, 0.25) is 0 Å². The molecule has 6 heteroatoms. The van der Waals surface area contributed by atoms with Crippen molar-refractivity contribution in [2.45, 2.75) is 18.2 Å². The second kappa shape index (κ2) is 7.29. The van der Waals surface area contributed by atoms with Crippen LogP contribution in [0.3, 0.4) is 0 Å². The first kappa shape index (κ1) is 19.1. The van der Waals surface area contributed by atoms with E-state index in [9.17, 15) is 17.6 Å². The van der Waals surface area contributed by atoms with E-state index < -0.39 is 15.8 Å². The van der Waals surface area contributed by atoms with E-state index in [0.717, 1.165) is 15.4 Å². The Kier molecular flexibility index (Phi) is 4.80. The van der Waals surface area contributed by atoms with Gasteiger partial charge in [0.25, 0.3) is 10.0 Å². The van der Waals surface area contributed by atoms with E-state index in [-0.39, 0.29) is 10.7 Å². The van der Waals surface area contributed by atoms with Gasteiger partial charge in [-0.25, -0.2) is 17.1 Å². The molecule has 0 unspecified atom stereocenters. The summed E-state index contributed by atoms with van der Waals surface area (Å²) in [5.74, 6) is -0.767. The normalized spacial score (nSPS) is 13.6. The van der Waals surface area contributed by atoms with Crippen LogP contribution in [0.4, 0.5) is 10.1 Å². The number of aryl methyl sites for hydroxylation is 1. The lowest BCUT2D eigenvalue weighted by molar-refractivity contribution is 0.103. The molecule has 0 aromatic heterocycles. The summed E-state index contributed by atoms with van der Waals surface area (Å²) in [5, 5.41) is 0. The summed E-state index contributed by atoms with van der Waals surface area (Å²) in [6.45, 7) is 1.88. The molecule has 1 aliphatic heterocycles. The zero-order chi connectivity index (χ0) is 20.6. The maximum Gasteiger partial charge on any atom is 0.268 e. The number of nitrogens with zero attached hydrogens (tertiary/aromatic N) is 1. The van der Waals surface area contributed by atoms with Crippen LogP contribution in [0.15, 0.2) is 89.5 Å². The fourth-order valence-corrected chi connectivity index (χ4v) is 4.70. The van der Waals surface area contributed by atoms with E-state index in [1.807, 2.05) is 6.92 Å². The molecular formula is C23H18FNO3S. The van der Waals surface area contributed by atoms with Gasteiger partial charge in [-0.2, -0.15) is 0 Å². The van der Waals surface area contributed by atoms with Crippen LogP contribution in [0.2, 0.25) is 0 Å². The molecule has 0 N–H and O–H groups in total. The molecule has 1 heterocycles. The number of halogens is 1. The highest BCUT2D eigenvalue weighted by molar-refractivity contribution is 7.93. The third-order valence-electron chi connectivity index (χ3n) is 4.86. The van der Waals surface area contributed by atoms with Crippen LogP contribution in [0.5, 0.6) is 0 Å². The maximum atomic E-state index is 13.3. The number of sulfonamides is 1. The summed E-state index contributed by atoms with van der Waals surface area (Å²) in [6.07, 6.45) is 1.68. The van der Waals surface area contributed by atoms with Crippen LogP contribution in [0.1, 0.15) is 21.5 Å². The van der Waals surface area contributed by atoms with E-state index >= 15 is 0 Å². The van der Waals surface area contributed by atoms with Crippen LogP contribution in [-0.2, 0) is 16.4 Å². The first-order chi connectivity index (χ1) is 13.9. The fraction of sp³-hybridized carbons (Fsp3) is 0.0870. The monoisotopic (exact) mass is 407 g/mol. The van der Waals surface area contributed by atoms with Crippen molar-refractivity contribution in [2.24, 2.45) is 0 Å². The highest BCUT2D eigenvalue weighted by atomic mass is 32.2. The standard InChI is InChI=1S/C23H18FNO3S/c1-16-6-12-21(13-7-16)29(27,28)25-15-19(14-18-4-2-3-5-22(18)25)23(26)17-8-10-20(24)11-9-17/h2-13,15H,14H2,1H3. The Morgan fingerprint density at radius 3 is 2.28 bits per heavy atom. The summed E-state index contributed by atoms with van der Waals surface area (Å²) < 4.78 is 41.0. The van der Waals surface area contributed by atoms with Gasteiger partial charge in [-0.1, -0.05) is 35.9 Å². The van der Waals surface area contributed by atoms with Crippen molar-refractivity contribution < 1.29 is 17.6 Å². The molecule has 3 aromatic rings. The predicted molar refractivity (Wildman–Crippen MR) is 110 cm³/mol. The molecule has 0 saturated heterocycles. The minimum absolute atomic E-state index is 0.143. The zero-order valence-electron chi connectivity index (χ0n) is 15.7. The van der Waals surface area contributed by atoms with Crippen LogP contribution < -0.4 is 4.31 Å². The lowest BCUT2D eigenvalue weighted by atomic mass is 9.95. The second-order valence-corrected chi connectivity index (χ2v) is 8.72. The first-order valence-electron chi connectivity index (χ1n) is 9.06. The lowest BCUT2D eigenvalue weighted by Crippen LogP contribution is -2.31. The van der Waals surface area contributed by atoms with E-state index in [4.69, 9.17) is 0 Å². The molecule has 0 atom stereocenters. The van der Waals surface area contributed by atoms with Gasteiger partial charge in [0.1, 0.15) is 5.82 Å². The minimum atomic E-state index is -3.90. The number of fused-ring (bicyclic) bond motifs is 1. The lowest BCUT2D eigenvalue weighted by Gasteiger charge is -2.28. The fourth-order valence-electron chi connectivity index (χ4n) is 3.29. The van der Waals surface area contributed by atoms with Crippen molar-refractivity contribution >= 4 is 21.5 Å². The average Bonchev–Trinajstić information content (AvgIpc) is 2.73. The smallest absolute Gasteiger partial charge is 0.268 e. The van der Waals surface area contributed by atoms with Gasteiger partial charge in [0, 0.05) is 23.8 Å². The highest BCUT2D eigenvalue weighted by Crippen LogP contribution is 2.34. The van der Waals surface area contributed by atoms with E-state index in [1.165, 1.54) is 30.5 Å². The highest BCUT2D eigenvalue weighted by Gasteiger charge is 2.30. The SMILES string of the molecule is Cc1ccc(S(=O)(=O)N2C=C(C(=O)c3ccc(F)cc3)Cc3ccccc32)cc1. The second-order valence-electron chi connectivity index (χ2n) is 6.91. The molecule has 146 valence electrons. The van der Waals surface area contributed by atoms with Crippen molar-refractivity contribution in [1.82, 2.24) is 0 Å². The number of rotatable bonds is 4. The predicted octanol–water partition coefficient (Wildman–Crippen LogP) is 4.65. The molecule has 0 spiro atoms. The van der Waals surface area contributed by atoms with Crippen LogP contribution in [-0.4, -0.2) is 14.2 Å². The summed E-state index contributed by atoms with van der Waals surface area (Å²) in [5.41, 5.74) is 2.83. The molecule has 29 heavy (non-hydrogen) atoms. The molecule has 4 nitrogen and oxygen atoms in total. The van der Waals surface area contributed by atoms with Crippen molar-refractivity contribution in [3.8, 4) is 0 Å². The Balaban J connectivity index is 1.81. The van der Waals surface area contributed by atoms with Crippen molar-refractivity contribution in [1.29, 1.82) is 0 Å². The number of allylic oxidation sites excluding steroid dienone is 1. The number of carbonyl (C=O) groups is 1. The number of benzene rings is 3. The maximum absolute atomic E-state index is 13.3. The molecule has 0 saturated carbocycles. The van der Waals surface area contributed by atoms with Gasteiger partial charge >= 0.3 is 0 Å². The summed E-state index contributed by atoms with van der Waals surface area (Å²) >= 11 is 0. The number of anilines is 1. The molecular weight excluding hydrogens is 389 g/mol. The number of hydrogen-bond donors (Lipinski definition) is 0. The molecule has 0 radical (unpaired) electrons. The molecule has 0 aliphatic carbocycles. The Morgan fingerprint density at radius 1 is 0.931 bits per heavy atom. The van der Waals surface area contributed by atoms with E-state index in [1.54, 1.807) is 48.5 Å². The van der Waals surface area contributed by atoms with Gasteiger partial charge in [-0.3, -0.25) is 4.79 Å². The number of Topliss-reactive ketones (excluding diaryl/α,β-unsaturated/α-hetero) is 1. The molecule has 0 fully saturated rings. The topological polar surface area (TPSA) is 54.5 Å². The van der Waals surface area contributed by atoms with Crippen LogP contribution in [0.25, 0.3) is 0 Å². The zero-order valence-corrected chi connectivity index (χ0v) is 16.5. The Hall–Kier alpha value is -3.25. The number of ketones is 1. The van der Waals surface area contributed by atoms with Crippen molar-refractivity contribution in [2.75, 3.05) is 4.31 Å². The largest absolute Gasteiger partial charge is 0.289 e. The van der Waals surface area contributed by atoms with Crippen LogP contribution in [0, 0.1) is 12.7 Å². The average molecular weight is 407 g/mol. The number of carbonyl (C=O) groups excluding carboxylic acids is 1. The number of para-hydroxylation sites is 1. The summed E-state index contributed by atoms with van der Waals surface area (Å²) in [6, 6.07) is 18.9. The van der Waals surface area contributed by atoms with Gasteiger partial charge in [0.15, 0.2) is 5.78 Å². The molecule has 0 amide bonds. The van der Waals surface area contributed by atoms with E-state index in [2.05, 4.69) is 0 Å². The molecule has 0 bridgehead atoms. The third kappa shape index (κ3) is 3.59. The van der Waals surface area contributed by atoms with Gasteiger partial charge < -0.3 is 0 Å². The van der Waals surface area contributed by atoms with E-state index in [0.29, 0.717) is 23.2 Å². The number of hydrogen-bond acceptors (Lipinski definition) is 3. The summed E-state index contributed by atoms with van der Waals surface area (Å²) in [4.78, 5) is 13.1. The minimum Gasteiger partial charge on any atom is -0.289 e. The van der Waals surface area contributed by atoms with Crippen molar-refractivity contribution in [3.63, 3.8) is 0 Å². The Morgan fingerprint density at radius 2 is 1.59 bits per heavy atom. The summed E-state index contributed by atoms with van der Waals surface area (Å²) in [7, 11) is -3.90. The van der Waals surface area contributed by atoms with Gasteiger partial charge in [-0.15, -0.1) is 0 Å². The quantitative estimate of drug-likeness (QED) is 0.592. The van der Waals surface area contributed by atoms with Crippen molar-refractivity contribution in [3.05, 3.63) is 107 Å². The van der Waals surface area contributed by atoms with Gasteiger partial charge in [-0.05, 0) is 55.0 Å². The third-order valence-corrected chi connectivity index (χ3v) is 6.55. The first-order valence-corrected chi connectivity index (χ1v) is 10.5. The Bertz CT molecular complexity index is 1210. The molecule has 4 rings (SSSR count).